The fourth-order valence-electron chi connectivity index (χ4n) is 2.37. The van der Waals surface area contributed by atoms with Gasteiger partial charge in [-0.05, 0) is 52.9 Å². The quantitative estimate of drug-likeness (QED) is 0.467. The van der Waals surface area contributed by atoms with E-state index in [0.29, 0.717) is 22.7 Å². The van der Waals surface area contributed by atoms with Crippen molar-refractivity contribution < 1.29 is 9.21 Å². The third kappa shape index (κ3) is 2.93. The van der Waals surface area contributed by atoms with Crippen LogP contribution in [0, 0.1) is 3.57 Å². The van der Waals surface area contributed by atoms with Crippen LogP contribution in [0.4, 0.5) is 11.5 Å². The smallest absolute Gasteiger partial charge is 0.284 e. The molecule has 3 N–H and O–H groups in total. The lowest BCUT2D eigenvalue weighted by molar-refractivity contribution is 0.0974. The predicted molar refractivity (Wildman–Crippen MR) is 99.4 cm³/mol. The first kappa shape index (κ1) is 15.6. The number of carbonyl (C=O) groups excluding carboxylic acids is 1. The van der Waals surface area contributed by atoms with E-state index >= 15 is 0 Å². The summed E-state index contributed by atoms with van der Waals surface area (Å²) in [7, 11) is 0. The van der Waals surface area contributed by atoms with Crippen molar-refractivity contribution in [3.8, 4) is 11.3 Å². The van der Waals surface area contributed by atoms with E-state index in [4.69, 9.17) is 10.2 Å². The van der Waals surface area contributed by atoms with Gasteiger partial charge in [0.1, 0.15) is 12.6 Å². The number of hydrogen-bond donors (Lipinski definition) is 2. The zero-order chi connectivity index (χ0) is 17.4. The minimum absolute atomic E-state index is 0.0735. The summed E-state index contributed by atoms with van der Waals surface area (Å²) >= 11 is 2.25. The highest BCUT2D eigenvalue weighted by Gasteiger charge is 2.15. The molecular formula is C16H11IN6O2. The molecule has 4 rings (SSSR count). The number of rotatable bonds is 4. The molecule has 3 heterocycles. The molecular weight excluding hydrogens is 435 g/mol. The number of furan rings is 1. The molecule has 1 amide bonds. The first-order valence-electron chi connectivity index (χ1n) is 7.22. The van der Waals surface area contributed by atoms with E-state index in [9.17, 15) is 4.79 Å². The van der Waals surface area contributed by atoms with Gasteiger partial charge in [-0.2, -0.15) is 5.10 Å². The summed E-state index contributed by atoms with van der Waals surface area (Å²) in [6.07, 6.45) is 4.51. The van der Waals surface area contributed by atoms with Gasteiger partial charge in [0.2, 0.25) is 0 Å². The molecule has 0 saturated carbocycles. The Morgan fingerprint density at radius 1 is 1.24 bits per heavy atom. The number of benzene rings is 1. The molecule has 0 spiro atoms. The van der Waals surface area contributed by atoms with Gasteiger partial charge < -0.3 is 15.5 Å². The van der Waals surface area contributed by atoms with Crippen LogP contribution in [0.3, 0.4) is 0 Å². The zero-order valence-electron chi connectivity index (χ0n) is 12.7. The Kier molecular flexibility index (Phi) is 3.84. The summed E-state index contributed by atoms with van der Waals surface area (Å²) < 4.78 is 7.93. The van der Waals surface area contributed by atoms with E-state index in [1.165, 1.54) is 12.6 Å². The summed E-state index contributed by atoms with van der Waals surface area (Å²) in [6, 6.07) is 9.45. The van der Waals surface area contributed by atoms with Crippen molar-refractivity contribution in [2.75, 3.05) is 5.32 Å². The molecule has 8 nitrogen and oxygen atoms in total. The standard InChI is InChI=1S/C16H11IN6O2/c17-10-1-3-11(4-2-10)22-15-16-20-8-21-23(16)12(6-19-15)9-5-13(14(18)24)25-7-9/h1-8H,(H2,18,24)(H,19,22). The first-order chi connectivity index (χ1) is 12.1. The normalized spacial score (nSPS) is 10.9. The van der Waals surface area contributed by atoms with Crippen LogP contribution >= 0.6 is 22.6 Å². The van der Waals surface area contributed by atoms with Gasteiger partial charge in [-0.3, -0.25) is 4.79 Å². The van der Waals surface area contributed by atoms with Crippen LogP contribution in [-0.2, 0) is 0 Å². The van der Waals surface area contributed by atoms with Crippen LogP contribution in [0.1, 0.15) is 10.6 Å². The molecule has 124 valence electrons. The average Bonchev–Trinajstić information content (AvgIpc) is 3.26. The maximum atomic E-state index is 11.2. The van der Waals surface area contributed by atoms with Gasteiger partial charge in [-0.1, -0.05) is 0 Å². The molecule has 0 aliphatic heterocycles. The number of primary amides is 1. The topological polar surface area (TPSA) is 111 Å². The Hall–Kier alpha value is -2.95. The Balaban J connectivity index is 1.75. The van der Waals surface area contributed by atoms with E-state index in [1.807, 2.05) is 24.3 Å². The lowest BCUT2D eigenvalue weighted by Crippen LogP contribution is -2.09. The second kappa shape index (κ2) is 6.16. The highest BCUT2D eigenvalue weighted by atomic mass is 127. The second-order valence-corrected chi connectivity index (χ2v) is 6.43. The second-order valence-electron chi connectivity index (χ2n) is 5.18. The van der Waals surface area contributed by atoms with Crippen LogP contribution < -0.4 is 11.1 Å². The molecule has 0 aliphatic rings. The third-order valence-electron chi connectivity index (χ3n) is 3.55. The van der Waals surface area contributed by atoms with E-state index in [2.05, 4.69) is 43.0 Å². The van der Waals surface area contributed by atoms with Gasteiger partial charge in [0.15, 0.2) is 17.2 Å². The molecule has 3 aromatic heterocycles. The number of carbonyl (C=O) groups is 1. The maximum absolute atomic E-state index is 11.2. The molecule has 0 bridgehead atoms. The van der Waals surface area contributed by atoms with E-state index in [0.717, 1.165) is 9.26 Å². The number of hydrogen-bond acceptors (Lipinski definition) is 6. The Labute approximate surface area is 155 Å². The van der Waals surface area contributed by atoms with Gasteiger partial charge in [-0.15, -0.1) is 0 Å². The number of anilines is 2. The molecule has 9 heteroatoms. The van der Waals surface area contributed by atoms with Crippen molar-refractivity contribution in [1.82, 2.24) is 19.6 Å². The van der Waals surface area contributed by atoms with Crippen molar-refractivity contribution in [3.05, 3.63) is 58.4 Å². The fraction of sp³-hybridized carbons (Fsp3) is 0. The van der Waals surface area contributed by atoms with Gasteiger partial charge in [-0.25, -0.2) is 14.5 Å². The highest BCUT2D eigenvalue weighted by Crippen LogP contribution is 2.26. The lowest BCUT2D eigenvalue weighted by atomic mass is 10.2. The van der Waals surface area contributed by atoms with E-state index in [1.54, 1.807) is 16.8 Å². The van der Waals surface area contributed by atoms with E-state index < -0.39 is 5.91 Å². The van der Waals surface area contributed by atoms with Crippen LogP contribution in [0.5, 0.6) is 0 Å². The summed E-state index contributed by atoms with van der Waals surface area (Å²) in [5.41, 5.74) is 7.94. The van der Waals surface area contributed by atoms with Crippen molar-refractivity contribution in [2.45, 2.75) is 0 Å². The van der Waals surface area contributed by atoms with Crippen molar-refractivity contribution in [2.24, 2.45) is 5.73 Å². The number of nitrogens with two attached hydrogens (primary N) is 1. The Bertz CT molecular complexity index is 1070. The van der Waals surface area contributed by atoms with Crippen LogP contribution in [-0.4, -0.2) is 25.5 Å². The van der Waals surface area contributed by atoms with Crippen molar-refractivity contribution in [3.63, 3.8) is 0 Å². The maximum Gasteiger partial charge on any atom is 0.284 e. The molecule has 0 unspecified atom stereocenters. The molecule has 1 aromatic carbocycles. The lowest BCUT2D eigenvalue weighted by Gasteiger charge is -2.08. The Morgan fingerprint density at radius 2 is 2.04 bits per heavy atom. The number of nitrogens with one attached hydrogen (secondary N) is 1. The monoisotopic (exact) mass is 446 g/mol. The van der Waals surface area contributed by atoms with Gasteiger partial charge >= 0.3 is 0 Å². The van der Waals surface area contributed by atoms with Crippen LogP contribution in [0.15, 0.2) is 53.5 Å². The average molecular weight is 446 g/mol. The number of amides is 1. The largest absolute Gasteiger partial charge is 0.458 e. The minimum atomic E-state index is -0.633. The van der Waals surface area contributed by atoms with Crippen LogP contribution in [0.2, 0.25) is 0 Å². The first-order valence-corrected chi connectivity index (χ1v) is 8.30. The Morgan fingerprint density at radius 3 is 2.76 bits per heavy atom. The van der Waals surface area contributed by atoms with Crippen molar-refractivity contribution in [1.29, 1.82) is 0 Å². The van der Waals surface area contributed by atoms with Crippen LogP contribution in [0.25, 0.3) is 16.9 Å². The SMILES string of the molecule is NC(=O)c1cc(-c2cnc(Nc3ccc(I)cc3)c3ncnn23)co1. The summed E-state index contributed by atoms with van der Waals surface area (Å²) in [6.45, 7) is 0. The minimum Gasteiger partial charge on any atom is -0.458 e. The molecule has 0 radical (unpaired) electrons. The predicted octanol–water partition coefficient (Wildman–Crippen LogP) is 2.83. The summed E-state index contributed by atoms with van der Waals surface area (Å²) in [4.78, 5) is 19.9. The molecule has 0 fully saturated rings. The van der Waals surface area contributed by atoms with Crippen molar-refractivity contribution >= 4 is 45.7 Å². The highest BCUT2D eigenvalue weighted by molar-refractivity contribution is 14.1. The molecule has 4 aromatic rings. The zero-order valence-corrected chi connectivity index (χ0v) is 14.8. The fourth-order valence-corrected chi connectivity index (χ4v) is 2.73. The molecule has 0 aliphatic carbocycles. The third-order valence-corrected chi connectivity index (χ3v) is 4.27. The number of aromatic nitrogens is 4. The van der Waals surface area contributed by atoms with Gasteiger partial charge in [0.05, 0.1) is 11.9 Å². The van der Waals surface area contributed by atoms with E-state index in [-0.39, 0.29) is 5.76 Å². The molecule has 0 atom stereocenters. The number of fused-ring (bicyclic) bond motifs is 1. The number of halogens is 1. The molecule has 0 saturated heterocycles. The number of nitrogens with zero attached hydrogens (tertiary/aromatic N) is 4. The van der Waals surface area contributed by atoms with Gasteiger partial charge in [0.25, 0.3) is 5.91 Å². The van der Waals surface area contributed by atoms with Gasteiger partial charge in [0, 0.05) is 14.8 Å². The summed E-state index contributed by atoms with van der Waals surface area (Å²) in [5, 5.41) is 7.46. The molecule has 25 heavy (non-hydrogen) atoms. The summed E-state index contributed by atoms with van der Waals surface area (Å²) in [5.74, 6) is 0.0106.